The average Bonchev–Trinajstić information content (AvgIpc) is 3.01. The van der Waals surface area contributed by atoms with Gasteiger partial charge in [0, 0.05) is 19.0 Å². The molecule has 1 N–H and O–H groups in total. The van der Waals surface area contributed by atoms with Gasteiger partial charge in [-0.1, -0.05) is 29.8 Å². The molecule has 1 heterocycles. The molecule has 0 amide bonds. The van der Waals surface area contributed by atoms with Gasteiger partial charge >= 0.3 is 0 Å². The van der Waals surface area contributed by atoms with Gasteiger partial charge in [-0.25, -0.2) is 13.8 Å². The van der Waals surface area contributed by atoms with Gasteiger partial charge in [0.1, 0.15) is 11.6 Å². The number of likely N-dealkylation sites (tertiary alicyclic amines) is 1. The van der Waals surface area contributed by atoms with Crippen molar-refractivity contribution in [2.75, 3.05) is 13.1 Å². The number of fused-ring (bicyclic) bond motifs is 2. The Kier molecular flexibility index (Phi) is 6.50. The molecule has 0 spiro atoms. The normalized spacial score (nSPS) is 18.3. The van der Waals surface area contributed by atoms with Crippen molar-refractivity contribution < 1.29 is 8.78 Å². The third-order valence-electron chi connectivity index (χ3n) is 7.21. The molecule has 1 saturated heterocycles. The highest BCUT2D eigenvalue weighted by atomic mass is 19.1. The van der Waals surface area contributed by atoms with Crippen LogP contribution in [-0.4, -0.2) is 23.9 Å². The van der Waals surface area contributed by atoms with Gasteiger partial charge in [-0.15, -0.1) is 0 Å². The Morgan fingerprint density at radius 1 is 0.971 bits per heavy atom. The average molecular weight is 471 g/mol. The van der Waals surface area contributed by atoms with Crippen molar-refractivity contribution in [1.29, 1.82) is 5.26 Å². The molecular weight excluding hydrogens is 442 g/mol. The second kappa shape index (κ2) is 9.87. The van der Waals surface area contributed by atoms with E-state index in [2.05, 4.69) is 10.2 Å². The summed E-state index contributed by atoms with van der Waals surface area (Å²) in [6.45, 7) is 3.50. The molecule has 0 radical (unpaired) electrons. The highest BCUT2D eigenvalue weighted by Gasteiger charge is 2.34. The number of nitriles is 1. The maximum atomic E-state index is 14.2. The van der Waals surface area contributed by atoms with Crippen LogP contribution < -0.4 is 5.32 Å². The van der Waals surface area contributed by atoms with Crippen LogP contribution in [0.25, 0.3) is 0 Å². The van der Waals surface area contributed by atoms with Gasteiger partial charge in [0.15, 0.2) is 6.19 Å². The van der Waals surface area contributed by atoms with Gasteiger partial charge in [-0.05, 0) is 97.2 Å². The molecule has 35 heavy (non-hydrogen) atoms. The SMILES string of the molecule is Cc1ccc(N=C(NC#N)N2CCCC(C3c4ccc(F)cc4CCc4cc(F)ccc43)C2)cc1. The lowest BCUT2D eigenvalue weighted by Gasteiger charge is -2.39. The summed E-state index contributed by atoms with van der Waals surface area (Å²) >= 11 is 0. The predicted molar refractivity (Wildman–Crippen MR) is 133 cm³/mol. The van der Waals surface area contributed by atoms with Crippen LogP contribution in [0.15, 0.2) is 65.7 Å². The lowest BCUT2D eigenvalue weighted by molar-refractivity contribution is 0.236. The molecule has 6 heteroatoms. The molecule has 0 bridgehead atoms. The first-order valence-electron chi connectivity index (χ1n) is 12.1. The number of piperidine rings is 1. The Labute approximate surface area is 204 Å². The predicted octanol–water partition coefficient (Wildman–Crippen LogP) is 5.97. The number of aliphatic imine (C=N–C) groups is 1. The Bertz CT molecular complexity index is 1240. The second-order valence-corrected chi connectivity index (χ2v) is 9.52. The van der Waals surface area contributed by atoms with Crippen molar-refractivity contribution in [1.82, 2.24) is 10.2 Å². The molecule has 3 aromatic carbocycles. The Morgan fingerprint density at radius 3 is 2.20 bits per heavy atom. The minimum absolute atomic E-state index is 0.0224. The van der Waals surface area contributed by atoms with Gasteiger partial charge in [0.25, 0.3) is 0 Å². The monoisotopic (exact) mass is 470 g/mol. The summed E-state index contributed by atoms with van der Waals surface area (Å²) in [5.41, 5.74) is 6.16. The van der Waals surface area contributed by atoms with Crippen LogP contribution >= 0.6 is 0 Å². The molecular formula is C29H28F2N4. The molecule has 5 rings (SSSR count). The van der Waals surface area contributed by atoms with E-state index in [1.807, 2.05) is 49.5 Å². The van der Waals surface area contributed by atoms with Crippen LogP contribution in [0.2, 0.25) is 0 Å². The fourth-order valence-corrected chi connectivity index (χ4v) is 5.58. The van der Waals surface area contributed by atoms with Crippen molar-refractivity contribution in [2.45, 2.75) is 38.5 Å². The molecule has 1 fully saturated rings. The standard InChI is InChI=1S/C29H28F2N4/c1-19-4-10-25(11-5-19)34-29(33-18-32)35-14-2-3-22(17-35)28-26-12-8-23(30)15-20(26)6-7-21-16-24(31)9-13-27(21)28/h4-5,8-13,15-16,22,28H,2-3,6-7,14,17H2,1H3,(H,33,34). The number of aryl methyl sites for hydroxylation is 3. The molecule has 178 valence electrons. The van der Waals surface area contributed by atoms with Gasteiger partial charge in [-0.3, -0.25) is 5.32 Å². The number of nitrogens with zero attached hydrogens (tertiary/aromatic N) is 3. The number of halogens is 2. The largest absolute Gasteiger partial charge is 0.342 e. The van der Waals surface area contributed by atoms with Crippen molar-refractivity contribution in [3.8, 4) is 6.19 Å². The molecule has 0 saturated carbocycles. The first-order chi connectivity index (χ1) is 17.0. The third kappa shape index (κ3) is 4.90. The molecule has 4 nitrogen and oxygen atoms in total. The zero-order chi connectivity index (χ0) is 24.4. The van der Waals surface area contributed by atoms with Crippen LogP contribution in [0.3, 0.4) is 0 Å². The number of rotatable bonds is 2. The third-order valence-corrected chi connectivity index (χ3v) is 7.21. The topological polar surface area (TPSA) is 51.4 Å². The maximum absolute atomic E-state index is 14.2. The molecule has 3 aromatic rings. The first-order valence-corrected chi connectivity index (χ1v) is 12.1. The van der Waals surface area contributed by atoms with E-state index in [9.17, 15) is 14.0 Å². The van der Waals surface area contributed by atoms with Gasteiger partial charge in [0.05, 0.1) is 5.69 Å². The van der Waals surface area contributed by atoms with Crippen LogP contribution in [-0.2, 0) is 12.8 Å². The van der Waals surface area contributed by atoms with Gasteiger partial charge < -0.3 is 4.90 Å². The quantitative estimate of drug-likeness (QED) is 0.217. The molecule has 2 aliphatic rings. The zero-order valence-corrected chi connectivity index (χ0v) is 19.8. The summed E-state index contributed by atoms with van der Waals surface area (Å²) in [7, 11) is 0. The molecule has 1 aliphatic carbocycles. The van der Waals surface area contributed by atoms with E-state index in [-0.39, 0.29) is 23.5 Å². The Morgan fingerprint density at radius 2 is 1.60 bits per heavy atom. The van der Waals surface area contributed by atoms with E-state index < -0.39 is 0 Å². The molecule has 1 aliphatic heterocycles. The van der Waals surface area contributed by atoms with Crippen LogP contribution in [0.1, 0.15) is 46.6 Å². The number of hydrogen-bond acceptors (Lipinski definition) is 2. The zero-order valence-electron chi connectivity index (χ0n) is 19.8. The molecule has 1 unspecified atom stereocenters. The summed E-state index contributed by atoms with van der Waals surface area (Å²) in [6.07, 6.45) is 5.34. The van der Waals surface area contributed by atoms with Gasteiger partial charge in [0.2, 0.25) is 5.96 Å². The van der Waals surface area contributed by atoms with E-state index in [1.165, 1.54) is 12.1 Å². The fourth-order valence-electron chi connectivity index (χ4n) is 5.58. The second-order valence-electron chi connectivity index (χ2n) is 9.52. The van der Waals surface area contributed by atoms with Crippen molar-refractivity contribution in [2.24, 2.45) is 10.9 Å². The van der Waals surface area contributed by atoms with Crippen LogP contribution in [0, 0.1) is 35.9 Å². The van der Waals surface area contributed by atoms with Crippen molar-refractivity contribution in [3.63, 3.8) is 0 Å². The van der Waals surface area contributed by atoms with E-state index >= 15 is 0 Å². The number of guanidine groups is 1. The van der Waals surface area contributed by atoms with Crippen molar-refractivity contribution >= 4 is 11.6 Å². The van der Waals surface area contributed by atoms with E-state index in [1.54, 1.807) is 12.1 Å². The minimum atomic E-state index is -0.240. The Balaban J connectivity index is 1.52. The van der Waals surface area contributed by atoms with E-state index in [0.29, 0.717) is 25.3 Å². The van der Waals surface area contributed by atoms with E-state index in [4.69, 9.17) is 4.99 Å². The lowest BCUT2D eigenvalue weighted by atomic mass is 9.75. The summed E-state index contributed by atoms with van der Waals surface area (Å²) in [4.78, 5) is 6.87. The molecule has 0 aromatic heterocycles. The summed E-state index contributed by atoms with van der Waals surface area (Å²) in [6, 6.07) is 18.0. The highest BCUT2D eigenvalue weighted by Crippen LogP contribution is 2.42. The van der Waals surface area contributed by atoms with Crippen molar-refractivity contribution in [3.05, 3.63) is 100 Å². The first kappa shape index (κ1) is 23.0. The maximum Gasteiger partial charge on any atom is 0.212 e. The summed E-state index contributed by atoms with van der Waals surface area (Å²) in [5.74, 6) is 0.285. The minimum Gasteiger partial charge on any atom is -0.342 e. The number of nitrogens with one attached hydrogen (secondary N) is 1. The van der Waals surface area contributed by atoms with Crippen LogP contribution in [0.4, 0.5) is 14.5 Å². The van der Waals surface area contributed by atoms with Crippen LogP contribution in [0.5, 0.6) is 0 Å². The summed E-state index contributed by atoms with van der Waals surface area (Å²) < 4.78 is 28.3. The number of hydrogen-bond donors (Lipinski definition) is 1. The fraction of sp³-hybridized carbons (Fsp3) is 0.310. The summed E-state index contributed by atoms with van der Waals surface area (Å²) in [5, 5.41) is 12.2. The Hall–Kier alpha value is -3.72. The molecule has 1 atom stereocenters. The smallest absolute Gasteiger partial charge is 0.212 e. The van der Waals surface area contributed by atoms with E-state index in [0.717, 1.165) is 52.9 Å². The van der Waals surface area contributed by atoms with Gasteiger partial charge in [-0.2, -0.15) is 5.26 Å². The lowest BCUT2D eigenvalue weighted by Crippen LogP contribution is -2.46. The highest BCUT2D eigenvalue weighted by molar-refractivity contribution is 5.84. The number of benzene rings is 3.